The van der Waals surface area contributed by atoms with Crippen molar-refractivity contribution in [2.45, 2.75) is 65.4 Å². The Labute approximate surface area is 77.2 Å². The first-order chi connectivity index (χ1) is 5.52. The highest BCUT2D eigenvalue weighted by molar-refractivity contribution is 4.70. The third-order valence-electron chi connectivity index (χ3n) is 2.87. The van der Waals surface area contributed by atoms with Gasteiger partial charge in [-0.25, -0.2) is 0 Å². The molecule has 74 valence electrons. The molecule has 0 aliphatic carbocycles. The van der Waals surface area contributed by atoms with Crippen LogP contribution >= 0.6 is 0 Å². The molecule has 0 spiro atoms. The molecule has 1 N–H and O–H groups in total. The highest BCUT2D eigenvalue weighted by Crippen LogP contribution is 2.20. The third-order valence-corrected chi connectivity index (χ3v) is 2.87. The average Bonchev–Trinajstić information content (AvgIpc) is 2.04. The quantitative estimate of drug-likeness (QED) is 0.651. The second-order valence-electron chi connectivity index (χ2n) is 4.26. The second-order valence-corrected chi connectivity index (χ2v) is 4.26. The smallest absolute Gasteiger partial charge is 0.0617 e. The van der Waals surface area contributed by atoms with E-state index < -0.39 is 5.60 Å². The van der Waals surface area contributed by atoms with Crippen LogP contribution in [0.1, 0.15) is 59.8 Å². The molecule has 0 amide bonds. The molecule has 0 rings (SSSR count). The molecule has 2 atom stereocenters. The van der Waals surface area contributed by atoms with Crippen LogP contribution in [0.4, 0.5) is 0 Å². The van der Waals surface area contributed by atoms with Gasteiger partial charge in [0.15, 0.2) is 0 Å². The molecule has 0 aliphatic rings. The van der Waals surface area contributed by atoms with Gasteiger partial charge in [-0.15, -0.1) is 0 Å². The lowest BCUT2D eigenvalue weighted by atomic mass is 9.93. The fourth-order valence-electron chi connectivity index (χ4n) is 1.21. The van der Waals surface area contributed by atoms with Crippen LogP contribution in [0, 0.1) is 5.92 Å². The minimum Gasteiger partial charge on any atom is -0.390 e. The van der Waals surface area contributed by atoms with Crippen molar-refractivity contribution in [1.82, 2.24) is 0 Å². The van der Waals surface area contributed by atoms with Crippen molar-refractivity contribution in [1.29, 1.82) is 0 Å². The van der Waals surface area contributed by atoms with Crippen molar-refractivity contribution >= 4 is 0 Å². The summed E-state index contributed by atoms with van der Waals surface area (Å²) in [6.07, 6.45) is 5.50. The van der Waals surface area contributed by atoms with Crippen LogP contribution in [0.2, 0.25) is 0 Å². The Morgan fingerprint density at radius 2 is 1.92 bits per heavy atom. The summed E-state index contributed by atoms with van der Waals surface area (Å²) in [7, 11) is 0. The van der Waals surface area contributed by atoms with Gasteiger partial charge >= 0.3 is 0 Å². The zero-order valence-corrected chi connectivity index (χ0v) is 9.06. The topological polar surface area (TPSA) is 20.2 Å². The van der Waals surface area contributed by atoms with E-state index in [2.05, 4.69) is 13.8 Å². The Kier molecular flexibility index (Phi) is 5.56. The fourth-order valence-corrected chi connectivity index (χ4v) is 1.21. The van der Waals surface area contributed by atoms with Gasteiger partial charge in [-0.3, -0.25) is 0 Å². The molecular formula is C11H24O. The van der Waals surface area contributed by atoms with E-state index >= 15 is 0 Å². The minimum absolute atomic E-state index is 0.423. The normalized spacial score (nSPS) is 18.8. The van der Waals surface area contributed by atoms with Crippen LogP contribution < -0.4 is 0 Å². The van der Waals surface area contributed by atoms with Crippen LogP contribution in [0.5, 0.6) is 0 Å². The number of rotatable bonds is 6. The number of hydrogen-bond donors (Lipinski definition) is 1. The second kappa shape index (κ2) is 5.58. The maximum Gasteiger partial charge on any atom is 0.0617 e. The Morgan fingerprint density at radius 3 is 2.33 bits per heavy atom. The van der Waals surface area contributed by atoms with E-state index in [1.54, 1.807) is 0 Å². The predicted octanol–water partition coefficient (Wildman–Crippen LogP) is 3.36. The van der Waals surface area contributed by atoms with Crippen molar-refractivity contribution in [3.8, 4) is 0 Å². The molecular weight excluding hydrogens is 148 g/mol. The van der Waals surface area contributed by atoms with Crippen molar-refractivity contribution in [2.75, 3.05) is 0 Å². The molecule has 0 bridgehead atoms. The molecule has 1 nitrogen and oxygen atoms in total. The average molecular weight is 172 g/mol. The van der Waals surface area contributed by atoms with Crippen molar-refractivity contribution < 1.29 is 5.11 Å². The lowest BCUT2D eigenvalue weighted by Gasteiger charge is -2.21. The summed E-state index contributed by atoms with van der Waals surface area (Å²) in [6.45, 7) is 8.48. The molecule has 0 aromatic heterocycles. The summed E-state index contributed by atoms with van der Waals surface area (Å²) in [5.74, 6) is 0.817. The molecule has 0 heterocycles. The van der Waals surface area contributed by atoms with Gasteiger partial charge in [-0.2, -0.15) is 0 Å². The van der Waals surface area contributed by atoms with Crippen molar-refractivity contribution in [3.63, 3.8) is 0 Å². The van der Waals surface area contributed by atoms with Crippen LogP contribution in [-0.2, 0) is 0 Å². The maximum absolute atomic E-state index is 9.71. The van der Waals surface area contributed by atoms with E-state index in [1.165, 1.54) is 12.8 Å². The Balaban J connectivity index is 3.42. The van der Waals surface area contributed by atoms with Gasteiger partial charge in [0.05, 0.1) is 5.60 Å². The molecule has 2 unspecified atom stereocenters. The molecule has 0 aliphatic heterocycles. The van der Waals surface area contributed by atoms with Crippen LogP contribution in [-0.4, -0.2) is 10.7 Å². The number of aliphatic hydroxyl groups is 1. The molecule has 0 saturated carbocycles. The summed E-state index contributed by atoms with van der Waals surface area (Å²) >= 11 is 0. The monoisotopic (exact) mass is 172 g/mol. The van der Waals surface area contributed by atoms with E-state index in [9.17, 15) is 5.11 Å². The summed E-state index contributed by atoms with van der Waals surface area (Å²) in [4.78, 5) is 0. The van der Waals surface area contributed by atoms with E-state index in [0.717, 1.165) is 25.2 Å². The van der Waals surface area contributed by atoms with Crippen molar-refractivity contribution in [2.24, 2.45) is 5.92 Å². The lowest BCUT2D eigenvalue weighted by Crippen LogP contribution is -2.22. The first-order valence-electron chi connectivity index (χ1n) is 5.24. The zero-order chi connectivity index (χ0) is 9.61. The van der Waals surface area contributed by atoms with E-state index in [1.807, 2.05) is 13.8 Å². The molecule has 0 aromatic rings. The molecule has 12 heavy (non-hydrogen) atoms. The molecule has 1 heteroatoms. The fraction of sp³-hybridized carbons (Fsp3) is 1.00. The summed E-state index contributed by atoms with van der Waals surface area (Å²) in [6, 6.07) is 0. The largest absolute Gasteiger partial charge is 0.390 e. The highest BCUT2D eigenvalue weighted by Gasteiger charge is 2.16. The number of hydrogen-bond acceptors (Lipinski definition) is 1. The van der Waals surface area contributed by atoms with Crippen LogP contribution in [0.15, 0.2) is 0 Å². The third kappa shape index (κ3) is 5.59. The minimum atomic E-state index is -0.423. The van der Waals surface area contributed by atoms with Gasteiger partial charge < -0.3 is 5.11 Å². The van der Waals surface area contributed by atoms with Crippen LogP contribution in [0.3, 0.4) is 0 Å². The summed E-state index contributed by atoms with van der Waals surface area (Å²) in [5, 5.41) is 9.71. The van der Waals surface area contributed by atoms with Crippen molar-refractivity contribution in [3.05, 3.63) is 0 Å². The Hall–Kier alpha value is -0.0400. The SMILES string of the molecule is CCC(C)CCCC(C)(O)CC. The van der Waals surface area contributed by atoms with Gasteiger partial charge in [0.25, 0.3) is 0 Å². The maximum atomic E-state index is 9.71. The van der Waals surface area contributed by atoms with Gasteiger partial charge in [-0.05, 0) is 25.7 Å². The zero-order valence-electron chi connectivity index (χ0n) is 9.06. The Bertz CT molecular complexity index is 108. The van der Waals surface area contributed by atoms with Gasteiger partial charge in [0.2, 0.25) is 0 Å². The van der Waals surface area contributed by atoms with E-state index in [0.29, 0.717) is 0 Å². The standard InChI is InChI=1S/C11H24O/c1-5-10(3)8-7-9-11(4,12)6-2/h10,12H,5-9H2,1-4H3. The molecule has 0 fully saturated rings. The molecule has 0 saturated heterocycles. The molecule has 0 aromatic carbocycles. The first-order valence-corrected chi connectivity index (χ1v) is 5.24. The van der Waals surface area contributed by atoms with Crippen LogP contribution in [0.25, 0.3) is 0 Å². The molecule has 0 radical (unpaired) electrons. The first kappa shape index (κ1) is 12.0. The van der Waals surface area contributed by atoms with Gasteiger partial charge in [0.1, 0.15) is 0 Å². The van der Waals surface area contributed by atoms with Gasteiger partial charge in [-0.1, -0.05) is 40.0 Å². The van der Waals surface area contributed by atoms with E-state index in [-0.39, 0.29) is 0 Å². The Morgan fingerprint density at radius 1 is 1.33 bits per heavy atom. The summed E-state index contributed by atoms with van der Waals surface area (Å²) < 4.78 is 0. The predicted molar refractivity (Wildman–Crippen MR) is 54.2 cm³/mol. The summed E-state index contributed by atoms with van der Waals surface area (Å²) in [5.41, 5.74) is -0.423. The highest BCUT2D eigenvalue weighted by atomic mass is 16.3. The van der Waals surface area contributed by atoms with Gasteiger partial charge in [0, 0.05) is 0 Å². The lowest BCUT2D eigenvalue weighted by molar-refractivity contribution is 0.0433. The van der Waals surface area contributed by atoms with E-state index in [4.69, 9.17) is 0 Å².